The largest absolute Gasteiger partial charge is 0.508 e. The van der Waals surface area contributed by atoms with Gasteiger partial charge in [0.1, 0.15) is 11.6 Å². The number of benzene rings is 2. The topological polar surface area (TPSA) is 35.8 Å². The quantitative estimate of drug-likeness (QED) is 0.868. The van der Waals surface area contributed by atoms with Gasteiger partial charge in [-0.3, -0.25) is 4.99 Å². The highest BCUT2D eigenvalue weighted by atomic mass is 19.1. The first-order valence-electron chi connectivity index (χ1n) is 7.10. The minimum atomic E-state index is -0.202. The molecule has 2 aromatic rings. The van der Waals surface area contributed by atoms with Crippen LogP contribution >= 0.6 is 0 Å². The van der Waals surface area contributed by atoms with E-state index in [0.29, 0.717) is 5.69 Å². The predicted octanol–water partition coefficient (Wildman–Crippen LogP) is 3.88. The van der Waals surface area contributed by atoms with E-state index in [9.17, 15) is 9.50 Å². The second-order valence-electron chi connectivity index (χ2n) is 5.18. The van der Waals surface area contributed by atoms with E-state index in [1.807, 2.05) is 12.1 Å². The second kappa shape index (κ2) is 5.95. The van der Waals surface area contributed by atoms with Gasteiger partial charge in [-0.25, -0.2) is 4.39 Å². The summed E-state index contributed by atoms with van der Waals surface area (Å²) >= 11 is 0. The molecule has 0 bridgehead atoms. The summed E-state index contributed by atoms with van der Waals surface area (Å²) in [5.41, 5.74) is 2.12. The van der Waals surface area contributed by atoms with Crippen LogP contribution in [0.4, 0.5) is 15.8 Å². The molecule has 1 aliphatic rings. The Bertz CT molecular complexity index is 646. The summed E-state index contributed by atoms with van der Waals surface area (Å²) in [7, 11) is 0. The lowest BCUT2D eigenvalue weighted by Gasteiger charge is -2.18. The third-order valence-electron chi connectivity index (χ3n) is 3.63. The summed E-state index contributed by atoms with van der Waals surface area (Å²) in [5, 5.41) is 9.21. The van der Waals surface area contributed by atoms with E-state index in [2.05, 4.69) is 9.89 Å². The number of hydrogen-bond donors (Lipinski definition) is 1. The molecular formula is C17H17FN2O. The Hall–Kier alpha value is -2.36. The molecule has 1 heterocycles. The molecule has 1 saturated heterocycles. The molecule has 0 amide bonds. The number of nitrogens with zero attached hydrogens (tertiary/aromatic N) is 2. The monoisotopic (exact) mass is 284 g/mol. The van der Waals surface area contributed by atoms with Crippen LogP contribution in [0.3, 0.4) is 0 Å². The van der Waals surface area contributed by atoms with Crippen molar-refractivity contribution in [1.29, 1.82) is 0 Å². The van der Waals surface area contributed by atoms with Crippen LogP contribution in [0.1, 0.15) is 18.4 Å². The van der Waals surface area contributed by atoms with Crippen LogP contribution in [0, 0.1) is 5.82 Å². The van der Waals surface area contributed by atoms with Crippen LogP contribution in [0.15, 0.2) is 47.5 Å². The minimum absolute atomic E-state index is 0.202. The summed E-state index contributed by atoms with van der Waals surface area (Å²) in [4.78, 5) is 6.35. The van der Waals surface area contributed by atoms with Crippen molar-refractivity contribution in [2.24, 2.45) is 4.99 Å². The van der Waals surface area contributed by atoms with Gasteiger partial charge in [-0.05, 0) is 54.8 Å². The summed E-state index contributed by atoms with van der Waals surface area (Å²) in [6.45, 7) is 1.86. The average Bonchev–Trinajstić information content (AvgIpc) is 3.01. The van der Waals surface area contributed by atoms with Crippen molar-refractivity contribution in [3.63, 3.8) is 0 Å². The summed E-state index contributed by atoms with van der Waals surface area (Å²) in [5.74, 6) is 0.00140. The van der Waals surface area contributed by atoms with Crippen LogP contribution in [0.5, 0.6) is 5.75 Å². The highest BCUT2D eigenvalue weighted by Gasteiger charge is 2.15. The Balaban J connectivity index is 1.77. The van der Waals surface area contributed by atoms with Crippen molar-refractivity contribution in [3.05, 3.63) is 53.8 Å². The minimum Gasteiger partial charge on any atom is -0.508 e. The lowest BCUT2D eigenvalue weighted by molar-refractivity contribution is 0.475. The van der Waals surface area contributed by atoms with Crippen LogP contribution in [0.25, 0.3) is 0 Å². The molecule has 4 heteroatoms. The van der Waals surface area contributed by atoms with Crippen molar-refractivity contribution in [1.82, 2.24) is 0 Å². The normalized spacial score (nSPS) is 15.0. The van der Waals surface area contributed by atoms with Gasteiger partial charge in [-0.2, -0.15) is 0 Å². The maximum atomic E-state index is 14.1. The van der Waals surface area contributed by atoms with Gasteiger partial charge < -0.3 is 10.0 Å². The highest BCUT2D eigenvalue weighted by Crippen LogP contribution is 2.24. The van der Waals surface area contributed by atoms with Gasteiger partial charge in [-0.15, -0.1) is 0 Å². The molecule has 1 aliphatic heterocycles. The third kappa shape index (κ3) is 3.21. The number of hydrogen-bond acceptors (Lipinski definition) is 3. The van der Waals surface area contributed by atoms with E-state index in [1.54, 1.807) is 30.5 Å². The van der Waals surface area contributed by atoms with Gasteiger partial charge in [0.05, 0.1) is 11.4 Å². The molecule has 21 heavy (non-hydrogen) atoms. The number of phenolic OH excluding ortho intramolecular Hbond substituents is 1. The van der Waals surface area contributed by atoms with Gasteiger partial charge in [0.25, 0.3) is 0 Å². The number of aliphatic imine (C=N–C) groups is 1. The van der Waals surface area contributed by atoms with Gasteiger partial charge in [0, 0.05) is 19.3 Å². The SMILES string of the molecule is Oc1ccc(N=Cc2ccc(N3CCCC3)c(F)c2)cc1. The number of phenols is 1. The van der Waals surface area contributed by atoms with E-state index in [1.165, 1.54) is 6.07 Å². The Kier molecular flexibility index (Phi) is 3.86. The molecule has 0 atom stereocenters. The van der Waals surface area contributed by atoms with Crippen molar-refractivity contribution < 1.29 is 9.50 Å². The first-order valence-corrected chi connectivity index (χ1v) is 7.10. The van der Waals surface area contributed by atoms with Crippen molar-refractivity contribution in [2.45, 2.75) is 12.8 Å². The Morgan fingerprint density at radius 2 is 1.76 bits per heavy atom. The molecule has 108 valence electrons. The highest BCUT2D eigenvalue weighted by molar-refractivity contribution is 5.82. The molecule has 2 aromatic carbocycles. The predicted molar refractivity (Wildman–Crippen MR) is 83.2 cm³/mol. The first-order chi connectivity index (χ1) is 10.2. The van der Waals surface area contributed by atoms with Gasteiger partial charge in [0.2, 0.25) is 0 Å². The van der Waals surface area contributed by atoms with E-state index < -0.39 is 0 Å². The molecule has 0 spiro atoms. The molecule has 3 rings (SSSR count). The second-order valence-corrected chi connectivity index (χ2v) is 5.18. The Morgan fingerprint density at radius 3 is 2.43 bits per heavy atom. The average molecular weight is 284 g/mol. The maximum Gasteiger partial charge on any atom is 0.147 e. The summed E-state index contributed by atoms with van der Waals surface area (Å²) in [6, 6.07) is 11.8. The lowest BCUT2D eigenvalue weighted by atomic mass is 10.2. The van der Waals surface area contributed by atoms with Crippen LogP contribution in [-0.4, -0.2) is 24.4 Å². The summed E-state index contributed by atoms with van der Waals surface area (Å²) < 4.78 is 14.1. The zero-order valence-electron chi connectivity index (χ0n) is 11.7. The summed E-state index contributed by atoms with van der Waals surface area (Å²) in [6.07, 6.45) is 3.89. The standard InChI is InChI=1S/C17H17FN2O/c18-16-11-13(3-8-17(16)20-9-1-2-10-20)12-19-14-4-6-15(21)7-5-14/h3-8,11-12,21H,1-2,9-10H2. The smallest absolute Gasteiger partial charge is 0.147 e. The number of aromatic hydroxyl groups is 1. The van der Waals surface area contributed by atoms with Gasteiger partial charge in [0.15, 0.2) is 0 Å². The maximum absolute atomic E-state index is 14.1. The molecule has 0 unspecified atom stereocenters. The van der Waals surface area contributed by atoms with E-state index in [-0.39, 0.29) is 11.6 Å². The van der Waals surface area contributed by atoms with E-state index in [0.717, 1.165) is 37.2 Å². The lowest BCUT2D eigenvalue weighted by Crippen LogP contribution is -2.18. The molecule has 0 radical (unpaired) electrons. The molecule has 1 N–H and O–H groups in total. The Labute approximate surface area is 123 Å². The molecule has 1 fully saturated rings. The van der Waals surface area contributed by atoms with Gasteiger partial charge >= 0.3 is 0 Å². The van der Waals surface area contributed by atoms with Crippen LogP contribution in [0.2, 0.25) is 0 Å². The molecular weight excluding hydrogens is 267 g/mol. The van der Waals surface area contributed by atoms with E-state index >= 15 is 0 Å². The van der Waals surface area contributed by atoms with Crippen LogP contribution in [-0.2, 0) is 0 Å². The number of anilines is 1. The fraction of sp³-hybridized carbons (Fsp3) is 0.235. The fourth-order valence-electron chi connectivity index (χ4n) is 2.51. The third-order valence-corrected chi connectivity index (χ3v) is 3.63. The van der Waals surface area contributed by atoms with Crippen molar-refractivity contribution in [3.8, 4) is 5.75 Å². The molecule has 0 aromatic heterocycles. The van der Waals surface area contributed by atoms with Crippen molar-refractivity contribution in [2.75, 3.05) is 18.0 Å². The zero-order chi connectivity index (χ0) is 14.7. The van der Waals surface area contributed by atoms with Crippen LogP contribution < -0.4 is 4.90 Å². The molecule has 3 nitrogen and oxygen atoms in total. The Morgan fingerprint density at radius 1 is 1.05 bits per heavy atom. The first kappa shape index (κ1) is 13.6. The molecule has 0 saturated carbocycles. The number of halogens is 1. The zero-order valence-corrected chi connectivity index (χ0v) is 11.7. The number of rotatable bonds is 3. The van der Waals surface area contributed by atoms with Gasteiger partial charge in [-0.1, -0.05) is 6.07 Å². The van der Waals surface area contributed by atoms with E-state index in [4.69, 9.17) is 0 Å². The van der Waals surface area contributed by atoms with Crippen molar-refractivity contribution >= 4 is 17.6 Å². The fourth-order valence-corrected chi connectivity index (χ4v) is 2.51. The molecule has 0 aliphatic carbocycles.